The molecule has 0 bridgehead atoms. The van der Waals surface area contributed by atoms with Crippen molar-refractivity contribution in [2.24, 2.45) is 0 Å². The molecule has 8 heteroatoms. The molecule has 1 aliphatic heterocycles. The van der Waals surface area contributed by atoms with Crippen LogP contribution in [0.4, 0.5) is 4.79 Å². The molecule has 1 aliphatic rings. The van der Waals surface area contributed by atoms with E-state index in [2.05, 4.69) is 5.32 Å². The highest BCUT2D eigenvalue weighted by molar-refractivity contribution is 8.18. The molecule has 1 aromatic carbocycles. The van der Waals surface area contributed by atoms with Crippen molar-refractivity contribution < 1.29 is 14.4 Å². The Morgan fingerprint density at radius 3 is 2.65 bits per heavy atom. The zero-order valence-electron chi connectivity index (χ0n) is 13.6. The van der Waals surface area contributed by atoms with Gasteiger partial charge in [0.15, 0.2) is 0 Å². The summed E-state index contributed by atoms with van der Waals surface area (Å²) in [6.45, 7) is 0.148. The highest BCUT2D eigenvalue weighted by Crippen LogP contribution is 2.32. The van der Waals surface area contributed by atoms with Crippen LogP contribution in [-0.4, -0.2) is 35.0 Å². The van der Waals surface area contributed by atoms with E-state index in [-0.39, 0.29) is 12.5 Å². The molecule has 1 fully saturated rings. The second-order valence-corrected chi connectivity index (χ2v) is 7.92. The van der Waals surface area contributed by atoms with Crippen molar-refractivity contribution in [3.05, 3.63) is 62.1 Å². The van der Waals surface area contributed by atoms with Gasteiger partial charge in [-0.05, 0) is 53.4 Å². The Bertz CT molecular complexity index is 848. The Balaban J connectivity index is 1.51. The summed E-state index contributed by atoms with van der Waals surface area (Å²) >= 11 is 8.17. The van der Waals surface area contributed by atoms with Gasteiger partial charge in [0.05, 0.1) is 4.91 Å². The minimum atomic E-state index is -0.429. The molecule has 1 saturated heterocycles. The predicted molar refractivity (Wildman–Crippen MR) is 105 cm³/mol. The van der Waals surface area contributed by atoms with Gasteiger partial charge in [-0.3, -0.25) is 19.3 Å². The van der Waals surface area contributed by atoms with Crippen LogP contribution < -0.4 is 5.32 Å². The van der Waals surface area contributed by atoms with Gasteiger partial charge < -0.3 is 5.32 Å². The first-order valence-electron chi connectivity index (χ1n) is 7.83. The number of hydrogen-bond acceptors (Lipinski definition) is 5. The summed E-state index contributed by atoms with van der Waals surface area (Å²) in [5.41, 5.74) is 1.04. The van der Waals surface area contributed by atoms with Gasteiger partial charge in [-0.2, -0.15) is 0 Å². The van der Waals surface area contributed by atoms with E-state index in [4.69, 9.17) is 11.6 Å². The van der Waals surface area contributed by atoms with E-state index in [0.29, 0.717) is 22.9 Å². The lowest BCUT2D eigenvalue weighted by Crippen LogP contribution is -2.40. The standard InChI is InChI=1S/C18H15ClN2O3S2/c19-13-5-3-12(4-6-13)7-8-20-16(22)11-21-17(23)15(26-18(21)24)10-14-2-1-9-25-14/h1-6,9-10H,7-8,11H2,(H,20,22). The molecule has 26 heavy (non-hydrogen) atoms. The molecule has 5 nitrogen and oxygen atoms in total. The van der Waals surface area contributed by atoms with Crippen LogP contribution >= 0.6 is 34.7 Å². The highest BCUT2D eigenvalue weighted by atomic mass is 35.5. The number of hydrogen-bond donors (Lipinski definition) is 1. The zero-order valence-corrected chi connectivity index (χ0v) is 16.0. The fraction of sp³-hybridized carbons (Fsp3) is 0.167. The third-order valence-electron chi connectivity index (χ3n) is 3.64. The molecule has 134 valence electrons. The van der Waals surface area contributed by atoms with Crippen molar-refractivity contribution in [3.8, 4) is 0 Å². The Hall–Kier alpha value is -2.09. The number of benzene rings is 1. The molecule has 1 N–H and O–H groups in total. The maximum absolute atomic E-state index is 12.3. The first-order valence-corrected chi connectivity index (χ1v) is 9.90. The van der Waals surface area contributed by atoms with Crippen molar-refractivity contribution in [3.63, 3.8) is 0 Å². The van der Waals surface area contributed by atoms with Gasteiger partial charge in [-0.15, -0.1) is 11.3 Å². The lowest BCUT2D eigenvalue weighted by molar-refractivity contribution is -0.129. The van der Waals surface area contributed by atoms with Crippen molar-refractivity contribution in [1.82, 2.24) is 10.2 Å². The van der Waals surface area contributed by atoms with Crippen molar-refractivity contribution in [2.45, 2.75) is 6.42 Å². The number of carbonyl (C=O) groups excluding carboxylic acids is 3. The normalized spacial score (nSPS) is 15.7. The molecule has 0 atom stereocenters. The minimum absolute atomic E-state index is 0.271. The maximum Gasteiger partial charge on any atom is 0.294 e. The van der Waals surface area contributed by atoms with E-state index < -0.39 is 11.1 Å². The lowest BCUT2D eigenvalue weighted by Gasteiger charge is -2.12. The topological polar surface area (TPSA) is 66.5 Å². The van der Waals surface area contributed by atoms with E-state index in [9.17, 15) is 14.4 Å². The van der Waals surface area contributed by atoms with Crippen molar-refractivity contribution in [2.75, 3.05) is 13.1 Å². The Morgan fingerprint density at radius 1 is 1.19 bits per heavy atom. The number of thiophene rings is 1. The lowest BCUT2D eigenvalue weighted by atomic mass is 10.1. The van der Waals surface area contributed by atoms with Crippen LogP contribution in [0.5, 0.6) is 0 Å². The quantitative estimate of drug-likeness (QED) is 0.741. The highest BCUT2D eigenvalue weighted by Gasteiger charge is 2.36. The van der Waals surface area contributed by atoms with E-state index in [1.807, 2.05) is 29.6 Å². The monoisotopic (exact) mass is 406 g/mol. The number of imide groups is 1. The Morgan fingerprint density at radius 2 is 1.96 bits per heavy atom. The summed E-state index contributed by atoms with van der Waals surface area (Å²) < 4.78 is 0. The molecule has 3 rings (SSSR count). The van der Waals surface area contributed by atoms with E-state index in [1.54, 1.807) is 18.2 Å². The van der Waals surface area contributed by atoms with Crippen LogP contribution in [0.15, 0.2) is 46.7 Å². The maximum atomic E-state index is 12.3. The van der Waals surface area contributed by atoms with Crippen LogP contribution in [0.1, 0.15) is 10.4 Å². The SMILES string of the molecule is O=C(CN1C(=O)SC(=Cc2cccs2)C1=O)NCCc1ccc(Cl)cc1. The number of nitrogens with one attached hydrogen (secondary N) is 1. The summed E-state index contributed by atoms with van der Waals surface area (Å²) in [6.07, 6.45) is 2.32. The molecule has 3 amide bonds. The van der Waals surface area contributed by atoms with Gasteiger partial charge in [0, 0.05) is 16.4 Å². The largest absolute Gasteiger partial charge is 0.354 e. The van der Waals surface area contributed by atoms with Gasteiger partial charge in [0.25, 0.3) is 11.1 Å². The first kappa shape index (κ1) is 18.7. The summed E-state index contributed by atoms with van der Waals surface area (Å²) in [5.74, 6) is -0.792. The molecular weight excluding hydrogens is 392 g/mol. The molecule has 0 unspecified atom stereocenters. The van der Waals surface area contributed by atoms with E-state index >= 15 is 0 Å². The summed E-state index contributed by atoms with van der Waals surface area (Å²) in [4.78, 5) is 38.6. The molecule has 0 spiro atoms. The van der Waals surface area contributed by atoms with Crippen molar-refractivity contribution >= 4 is 57.8 Å². The second kappa shape index (κ2) is 8.53. The molecule has 0 aliphatic carbocycles. The number of carbonyl (C=O) groups is 3. The van der Waals surface area contributed by atoms with Gasteiger partial charge in [-0.25, -0.2) is 0 Å². The van der Waals surface area contributed by atoms with Gasteiger partial charge >= 0.3 is 0 Å². The van der Waals surface area contributed by atoms with E-state index in [0.717, 1.165) is 27.1 Å². The molecular formula is C18H15ClN2O3S2. The van der Waals surface area contributed by atoms with Crippen LogP contribution in [0.2, 0.25) is 5.02 Å². The second-order valence-electron chi connectivity index (χ2n) is 5.51. The average Bonchev–Trinajstić information content (AvgIpc) is 3.21. The summed E-state index contributed by atoms with van der Waals surface area (Å²) in [6, 6.07) is 11.1. The predicted octanol–water partition coefficient (Wildman–Crippen LogP) is 3.80. The Labute approximate surface area is 164 Å². The fourth-order valence-electron chi connectivity index (χ4n) is 2.34. The molecule has 0 saturated carbocycles. The van der Waals surface area contributed by atoms with Crippen LogP contribution in [-0.2, 0) is 16.0 Å². The molecule has 2 heterocycles. The van der Waals surface area contributed by atoms with Crippen molar-refractivity contribution in [1.29, 1.82) is 0 Å². The third kappa shape index (κ3) is 4.75. The first-order chi connectivity index (χ1) is 12.5. The third-order valence-corrected chi connectivity index (χ3v) is 5.62. The van der Waals surface area contributed by atoms with Crippen LogP contribution in [0, 0.1) is 0 Å². The summed E-state index contributed by atoms with van der Waals surface area (Å²) in [7, 11) is 0. The molecule has 1 aromatic heterocycles. The molecule has 2 aromatic rings. The Kier molecular flexibility index (Phi) is 6.13. The smallest absolute Gasteiger partial charge is 0.294 e. The fourth-order valence-corrected chi connectivity index (χ4v) is 4.02. The van der Waals surface area contributed by atoms with Gasteiger partial charge in [0.2, 0.25) is 5.91 Å². The summed E-state index contributed by atoms with van der Waals surface area (Å²) in [5, 5.41) is 4.86. The van der Waals surface area contributed by atoms with Crippen LogP contribution in [0.3, 0.4) is 0 Å². The minimum Gasteiger partial charge on any atom is -0.354 e. The number of rotatable bonds is 6. The van der Waals surface area contributed by atoms with E-state index in [1.165, 1.54) is 11.3 Å². The number of thioether (sulfide) groups is 1. The zero-order chi connectivity index (χ0) is 18.5. The van der Waals surface area contributed by atoms with Crippen LogP contribution in [0.25, 0.3) is 6.08 Å². The molecule has 0 radical (unpaired) electrons. The van der Waals surface area contributed by atoms with Gasteiger partial charge in [-0.1, -0.05) is 29.8 Å². The number of amides is 3. The average molecular weight is 407 g/mol. The number of halogens is 1. The van der Waals surface area contributed by atoms with Gasteiger partial charge in [0.1, 0.15) is 6.54 Å². The number of nitrogens with zero attached hydrogens (tertiary/aromatic N) is 1.